The summed E-state index contributed by atoms with van der Waals surface area (Å²) in [5, 5.41) is 18.5. The van der Waals surface area contributed by atoms with Crippen LogP contribution in [0.5, 0.6) is 0 Å². The molecule has 1 rings (SSSR count). The fraction of sp³-hybridized carbons (Fsp3) is 0.222. The van der Waals surface area contributed by atoms with Crippen molar-refractivity contribution in [3.8, 4) is 6.07 Å². The van der Waals surface area contributed by atoms with Crippen LogP contribution >= 0.6 is 0 Å². The van der Waals surface area contributed by atoms with Crippen LogP contribution in [-0.2, 0) is 6.42 Å². The lowest BCUT2D eigenvalue weighted by molar-refractivity contribution is -0.387. The maximum absolute atomic E-state index is 13.0. The zero-order chi connectivity index (χ0) is 10.6. The first kappa shape index (κ1) is 10.1. The number of nitro groups is 1. The van der Waals surface area contributed by atoms with Crippen molar-refractivity contribution < 1.29 is 9.31 Å². The van der Waals surface area contributed by atoms with Gasteiger partial charge < -0.3 is 0 Å². The van der Waals surface area contributed by atoms with Gasteiger partial charge >= 0.3 is 5.69 Å². The number of benzene rings is 1. The van der Waals surface area contributed by atoms with Gasteiger partial charge in [0, 0.05) is 12.5 Å². The van der Waals surface area contributed by atoms with E-state index in [-0.39, 0.29) is 6.42 Å². The molecule has 0 bridgehead atoms. The van der Waals surface area contributed by atoms with E-state index in [1.165, 1.54) is 6.07 Å². The predicted molar refractivity (Wildman–Crippen MR) is 47.0 cm³/mol. The van der Waals surface area contributed by atoms with Crippen molar-refractivity contribution in [1.82, 2.24) is 0 Å². The molecule has 4 nitrogen and oxygen atoms in total. The van der Waals surface area contributed by atoms with Crippen LogP contribution in [0, 0.1) is 27.3 Å². The molecule has 0 heterocycles. The SMILES string of the molecule is N#CCCc1ccc([N+](=O)[O-])c(F)c1. The predicted octanol–water partition coefficient (Wildman–Crippen LogP) is 2.19. The van der Waals surface area contributed by atoms with Crippen molar-refractivity contribution in [2.24, 2.45) is 0 Å². The summed E-state index contributed by atoms with van der Waals surface area (Å²) in [6, 6.07) is 5.58. The van der Waals surface area contributed by atoms with Gasteiger partial charge in [-0.2, -0.15) is 9.65 Å². The Morgan fingerprint density at radius 2 is 2.29 bits per heavy atom. The van der Waals surface area contributed by atoms with Gasteiger partial charge in [-0.25, -0.2) is 0 Å². The number of halogens is 1. The molecular formula is C9H7FN2O2. The van der Waals surface area contributed by atoms with E-state index in [1.54, 1.807) is 0 Å². The van der Waals surface area contributed by atoms with E-state index in [0.29, 0.717) is 12.0 Å². The summed E-state index contributed by atoms with van der Waals surface area (Å²) in [4.78, 5) is 9.49. The van der Waals surface area contributed by atoms with Gasteiger partial charge in [0.05, 0.1) is 11.0 Å². The fourth-order valence-electron chi connectivity index (χ4n) is 1.05. The molecule has 0 atom stereocenters. The van der Waals surface area contributed by atoms with Crippen LogP contribution < -0.4 is 0 Å². The highest BCUT2D eigenvalue weighted by molar-refractivity contribution is 5.35. The molecule has 0 radical (unpaired) electrons. The lowest BCUT2D eigenvalue weighted by Crippen LogP contribution is -1.94. The number of hydrogen-bond donors (Lipinski definition) is 0. The molecule has 0 N–H and O–H groups in total. The van der Waals surface area contributed by atoms with E-state index in [2.05, 4.69) is 0 Å². The standard InChI is InChI=1S/C9H7FN2O2/c10-8-6-7(2-1-5-11)3-4-9(8)12(13)14/h3-4,6H,1-2H2. The highest BCUT2D eigenvalue weighted by atomic mass is 19.1. The Morgan fingerprint density at radius 1 is 1.57 bits per heavy atom. The van der Waals surface area contributed by atoms with Gasteiger partial charge in [0.1, 0.15) is 0 Å². The monoisotopic (exact) mass is 194 g/mol. The molecular weight excluding hydrogens is 187 g/mol. The van der Waals surface area contributed by atoms with Crippen LogP contribution in [0.15, 0.2) is 18.2 Å². The van der Waals surface area contributed by atoms with Crippen molar-refractivity contribution >= 4 is 5.69 Å². The number of aryl methyl sites for hydroxylation is 1. The largest absolute Gasteiger partial charge is 0.304 e. The third-order valence-electron chi connectivity index (χ3n) is 1.73. The molecule has 0 saturated carbocycles. The summed E-state index contributed by atoms with van der Waals surface area (Å²) >= 11 is 0. The van der Waals surface area contributed by atoms with Crippen LogP contribution in [-0.4, -0.2) is 4.92 Å². The molecule has 0 amide bonds. The summed E-state index contributed by atoms with van der Waals surface area (Å²) in [6.45, 7) is 0. The van der Waals surface area contributed by atoms with Crippen LogP contribution in [0.3, 0.4) is 0 Å². The van der Waals surface area contributed by atoms with Gasteiger partial charge in [-0.3, -0.25) is 10.1 Å². The van der Waals surface area contributed by atoms with Gasteiger partial charge in [0.25, 0.3) is 0 Å². The van der Waals surface area contributed by atoms with Crippen LogP contribution in [0.2, 0.25) is 0 Å². The Morgan fingerprint density at radius 3 is 2.79 bits per heavy atom. The maximum atomic E-state index is 13.0. The average molecular weight is 194 g/mol. The molecule has 0 saturated heterocycles. The van der Waals surface area contributed by atoms with E-state index < -0.39 is 16.4 Å². The van der Waals surface area contributed by atoms with Crippen molar-refractivity contribution in [1.29, 1.82) is 5.26 Å². The Kier molecular flexibility index (Phi) is 3.13. The second-order valence-electron chi connectivity index (χ2n) is 2.70. The average Bonchev–Trinajstić information content (AvgIpc) is 2.14. The number of nitriles is 1. The first-order valence-corrected chi connectivity index (χ1v) is 3.95. The van der Waals surface area contributed by atoms with Crippen LogP contribution in [0.25, 0.3) is 0 Å². The summed E-state index contributed by atoms with van der Waals surface area (Å²) < 4.78 is 13.0. The lowest BCUT2D eigenvalue weighted by atomic mass is 10.1. The first-order valence-electron chi connectivity index (χ1n) is 3.95. The van der Waals surface area contributed by atoms with E-state index >= 15 is 0 Å². The molecule has 14 heavy (non-hydrogen) atoms. The van der Waals surface area contributed by atoms with E-state index in [9.17, 15) is 14.5 Å². The molecule has 0 aliphatic heterocycles. The molecule has 0 aliphatic rings. The first-order chi connectivity index (χ1) is 6.65. The molecule has 5 heteroatoms. The molecule has 0 aromatic heterocycles. The minimum atomic E-state index is -0.856. The van der Waals surface area contributed by atoms with E-state index in [1.807, 2.05) is 6.07 Å². The lowest BCUT2D eigenvalue weighted by Gasteiger charge is -1.98. The second-order valence-corrected chi connectivity index (χ2v) is 2.70. The molecule has 72 valence electrons. The van der Waals surface area contributed by atoms with Gasteiger partial charge in [-0.1, -0.05) is 6.07 Å². The number of hydrogen-bond acceptors (Lipinski definition) is 3. The summed E-state index contributed by atoms with van der Waals surface area (Å²) in [5.41, 5.74) is 0.0559. The Bertz CT molecular complexity index is 398. The molecule has 1 aromatic carbocycles. The quantitative estimate of drug-likeness (QED) is 0.547. The van der Waals surface area contributed by atoms with Crippen molar-refractivity contribution in [2.75, 3.05) is 0 Å². The minimum Gasteiger partial charge on any atom is -0.258 e. The van der Waals surface area contributed by atoms with Crippen LogP contribution in [0.4, 0.5) is 10.1 Å². The molecule has 0 unspecified atom stereocenters. The van der Waals surface area contributed by atoms with Crippen LogP contribution in [0.1, 0.15) is 12.0 Å². The van der Waals surface area contributed by atoms with Gasteiger partial charge in [-0.15, -0.1) is 0 Å². The molecule has 0 aliphatic carbocycles. The Balaban J connectivity index is 2.90. The smallest absolute Gasteiger partial charge is 0.258 e. The summed E-state index contributed by atoms with van der Waals surface area (Å²) in [5.74, 6) is -0.856. The zero-order valence-corrected chi connectivity index (χ0v) is 7.24. The van der Waals surface area contributed by atoms with E-state index in [4.69, 9.17) is 5.26 Å². The summed E-state index contributed by atoms with van der Waals surface area (Å²) in [7, 11) is 0. The highest BCUT2D eigenvalue weighted by Gasteiger charge is 2.13. The highest BCUT2D eigenvalue weighted by Crippen LogP contribution is 2.18. The van der Waals surface area contributed by atoms with Gasteiger partial charge in [0.2, 0.25) is 5.82 Å². The van der Waals surface area contributed by atoms with Gasteiger partial charge in [-0.05, 0) is 18.1 Å². The Hall–Kier alpha value is -1.96. The normalized spacial score (nSPS) is 9.43. The third-order valence-corrected chi connectivity index (χ3v) is 1.73. The maximum Gasteiger partial charge on any atom is 0.304 e. The van der Waals surface area contributed by atoms with Crippen molar-refractivity contribution in [3.63, 3.8) is 0 Å². The molecule has 0 fully saturated rings. The Labute approximate surface area is 79.7 Å². The van der Waals surface area contributed by atoms with Gasteiger partial charge in [0.15, 0.2) is 0 Å². The van der Waals surface area contributed by atoms with E-state index in [0.717, 1.165) is 12.1 Å². The zero-order valence-electron chi connectivity index (χ0n) is 7.24. The fourth-order valence-corrected chi connectivity index (χ4v) is 1.05. The summed E-state index contributed by atoms with van der Waals surface area (Å²) in [6.07, 6.45) is 0.683. The number of rotatable bonds is 3. The minimum absolute atomic E-state index is 0.275. The topological polar surface area (TPSA) is 66.9 Å². The van der Waals surface area contributed by atoms with Crippen molar-refractivity contribution in [2.45, 2.75) is 12.8 Å². The third kappa shape index (κ3) is 2.26. The number of nitrogens with zero attached hydrogens (tertiary/aromatic N) is 2. The second kappa shape index (κ2) is 4.33. The molecule has 0 spiro atoms. The van der Waals surface area contributed by atoms with Crippen molar-refractivity contribution in [3.05, 3.63) is 39.7 Å². The number of nitro benzene ring substituents is 1. The molecule has 1 aromatic rings.